The SMILES string of the molecule is Cc1cc(C(=O)OC(C)(C)C)cc(C)c1C(c1ccc[nH]1)c1ccc[nH]1. The lowest BCUT2D eigenvalue weighted by molar-refractivity contribution is 0.00693. The Balaban J connectivity index is 2.06. The fourth-order valence-electron chi connectivity index (χ4n) is 3.41. The Labute approximate surface area is 154 Å². The highest BCUT2D eigenvalue weighted by Gasteiger charge is 2.25. The van der Waals surface area contributed by atoms with Gasteiger partial charge >= 0.3 is 5.97 Å². The number of nitrogens with one attached hydrogen (secondary N) is 2. The molecule has 2 aromatic heterocycles. The number of hydrogen-bond acceptors (Lipinski definition) is 2. The Morgan fingerprint density at radius 1 is 0.962 bits per heavy atom. The monoisotopic (exact) mass is 350 g/mol. The zero-order valence-corrected chi connectivity index (χ0v) is 16.0. The van der Waals surface area contributed by atoms with Gasteiger partial charge in [-0.15, -0.1) is 0 Å². The highest BCUT2D eigenvalue weighted by molar-refractivity contribution is 5.90. The molecule has 2 heterocycles. The van der Waals surface area contributed by atoms with Crippen molar-refractivity contribution in [2.75, 3.05) is 0 Å². The van der Waals surface area contributed by atoms with Gasteiger partial charge in [-0.05, 0) is 87.7 Å². The van der Waals surface area contributed by atoms with Gasteiger partial charge in [-0.2, -0.15) is 0 Å². The molecule has 1 aromatic carbocycles. The van der Waals surface area contributed by atoms with Crippen molar-refractivity contribution in [2.24, 2.45) is 0 Å². The molecule has 0 aliphatic heterocycles. The van der Waals surface area contributed by atoms with Gasteiger partial charge in [0.1, 0.15) is 5.60 Å². The highest BCUT2D eigenvalue weighted by Crippen LogP contribution is 2.35. The molecule has 0 aliphatic carbocycles. The fourth-order valence-corrected chi connectivity index (χ4v) is 3.41. The largest absolute Gasteiger partial charge is 0.456 e. The van der Waals surface area contributed by atoms with Crippen LogP contribution in [0.3, 0.4) is 0 Å². The number of hydrogen-bond donors (Lipinski definition) is 2. The second kappa shape index (κ2) is 6.87. The summed E-state index contributed by atoms with van der Waals surface area (Å²) in [5, 5.41) is 0. The van der Waals surface area contributed by atoms with Gasteiger partial charge in [-0.3, -0.25) is 0 Å². The van der Waals surface area contributed by atoms with Crippen molar-refractivity contribution in [1.29, 1.82) is 0 Å². The summed E-state index contributed by atoms with van der Waals surface area (Å²) in [6.45, 7) is 9.74. The van der Waals surface area contributed by atoms with Gasteiger partial charge in [-0.25, -0.2) is 4.79 Å². The third-order valence-electron chi connectivity index (χ3n) is 4.38. The van der Waals surface area contributed by atoms with E-state index in [4.69, 9.17) is 4.74 Å². The Bertz CT molecular complexity index is 828. The van der Waals surface area contributed by atoms with Gasteiger partial charge in [0.2, 0.25) is 0 Å². The van der Waals surface area contributed by atoms with Crippen LogP contribution in [0.4, 0.5) is 0 Å². The minimum atomic E-state index is -0.505. The Kier molecular flexibility index (Phi) is 4.77. The molecule has 0 amide bonds. The molecule has 0 spiro atoms. The van der Waals surface area contributed by atoms with Crippen LogP contribution in [0.5, 0.6) is 0 Å². The number of aromatic nitrogens is 2. The van der Waals surface area contributed by atoms with E-state index in [1.165, 1.54) is 5.56 Å². The highest BCUT2D eigenvalue weighted by atomic mass is 16.6. The van der Waals surface area contributed by atoms with E-state index < -0.39 is 5.60 Å². The second-order valence-electron chi connectivity index (χ2n) is 7.71. The molecule has 0 atom stereocenters. The van der Waals surface area contributed by atoms with E-state index in [0.717, 1.165) is 22.5 Å². The molecule has 0 aliphatic rings. The number of ether oxygens (including phenoxy) is 1. The third kappa shape index (κ3) is 3.74. The number of H-pyrrole nitrogens is 2. The quantitative estimate of drug-likeness (QED) is 0.644. The molecule has 0 bridgehead atoms. The van der Waals surface area contributed by atoms with Gasteiger partial charge in [0, 0.05) is 23.8 Å². The molecule has 0 fully saturated rings. The smallest absolute Gasteiger partial charge is 0.338 e. The first kappa shape index (κ1) is 18.1. The number of rotatable bonds is 4. The molecule has 0 saturated heterocycles. The summed E-state index contributed by atoms with van der Waals surface area (Å²) < 4.78 is 5.53. The molecular weight excluding hydrogens is 324 g/mol. The van der Waals surface area contributed by atoms with Crippen molar-refractivity contribution in [3.63, 3.8) is 0 Å². The minimum absolute atomic E-state index is 0.0627. The van der Waals surface area contributed by atoms with E-state index in [9.17, 15) is 4.79 Å². The first-order chi connectivity index (χ1) is 12.3. The molecule has 3 aromatic rings. The van der Waals surface area contributed by atoms with Crippen LogP contribution in [-0.4, -0.2) is 21.5 Å². The van der Waals surface area contributed by atoms with Crippen LogP contribution >= 0.6 is 0 Å². The van der Waals surface area contributed by atoms with Gasteiger partial charge in [-0.1, -0.05) is 0 Å². The van der Waals surface area contributed by atoms with E-state index in [2.05, 4.69) is 35.9 Å². The summed E-state index contributed by atoms with van der Waals surface area (Å²) >= 11 is 0. The summed E-state index contributed by atoms with van der Waals surface area (Å²) in [7, 11) is 0. The van der Waals surface area contributed by atoms with Crippen LogP contribution in [-0.2, 0) is 4.74 Å². The number of aryl methyl sites for hydroxylation is 2. The van der Waals surface area contributed by atoms with E-state index in [1.54, 1.807) is 0 Å². The lowest BCUT2D eigenvalue weighted by Crippen LogP contribution is -2.24. The first-order valence-electron chi connectivity index (χ1n) is 8.87. The summed E-state index contributed by atoms with van der Waals surface area (Å²) in [5.41, 5.74) is 5.65. The van der Waals surface area contributed by atoms with Crippen molar-refractivity contribution < 1.29 is 9.53 Å². The Morgan fingerprint density at radius 2 is 1.46 bits per heavy atom. The zero-order chi connectivity index (χ0) is 18.9. The van der Waals surface area contributed by atoms with Crippen molar-refractivity contribution in [1.82, 2.24) is 9.97 Å². The topological polar surface area (TPSA) is 57.9 Å². The second-order valence-corrected chi connectivity index (χ2v) is 7.71. The molecule has 4 heteroatoms. The van der Waals surface area contributed by atoms with Crippen molar-refractivity contribution in [3.05, 3.63) is 82.4 Å². The summed E-state index contributed by atoms with van der Waals surface area (Å²) in [6.07, 6.45) is 3.87. The lowest BCUT2D eigenvalue weighted by Gasteiger charge is -2.23. The van der Waals surface area contributed by atoms with E-state index in [0.29, 0.717) is 5.56 Å². The fraction of sp³-hybridized carbons (Fsp3) is 0.318. The van der Waals surface area contributed by atoms with Crippen LogP contribution in [0.2, 0.25) is 0 Å². The van der Waals surface area contributed by atoms with Gasteiger partial charge in [0.05, 0.1) is 11.5 Å². The van der Waals surface area contributed by atoms with Gasteiger partial charge < -0.3 is 14.7 Å². The maximum atomic E-state index is 12.5. The molecular formula is C22H26N2O2. The molecule has 0 radical (unpaired) electrons. The maximum Gasteiger partial charge on any atom is 0.338 e. The van der Waals surface area contributed by atoms with Gasteiger partial charge in [0.25, 0.3) is 0 Å². The van der Waals surface area contributed by atoms with Crippen LogP contribution in [0.1, 0.15) is 65.1 Å². The average Bonchev–Trinajstić information content (AvgIpc) is 3.22. The Morgan fingerprint density at radius 3 is 1.85 bits per heavy atom. The predicted octanol–water partition coefficient (Wildman–Crippen LogP) is 5.10. The van der Waals surface area contributed by atoms with Crippen LogP contribution in [0, 0.1) is 13.8 Å². The summed E-state index contributed by atoms with van der Waals surface area (Å²) in [6, 6.07) is 12.0. The zero-order valence-electron chi connectivity index (χ0n) is 16.0. The lowest BCUT2D eigenvalue weighted by atomic mass is 9.85. The van der Waals surface area contributed by atoms with Crippen molar-refractivity contribution >= 4 is 5.97 Å². The summed E-state index contributed by atoms with van der Waals surface area (Å²) in [5.74, 6) is -0.223. The van der Waals surface area contributed by atoms with E-state index in [-0.39, 0.29) is 11.9 Å². The summed E-state index contributed by atoms with van der Waals surface area (Å²) in [4.78, 5) is 19.1. The molecule has 3 rings (SSSR count). The van der Waals surface area contributed by atoms with Gasteiger partial charge in [0.15, 0.2) is 0 Å². The average molecular weight is 350 g/mol. The van der Waals surface area contributed by atoms with Crippen molar-refractivity contribution in [2.45, 2.75) is 46.1 Å². The molecule has 136 valence electrons. The number of carbonyl (C=O) groups excluding carboxylic acids is 1. The normalized spacial score (nSPS) is 11.8. The van der Waals surface area contributed by atoms with Crippen molar-refractivity contribution in [3.8, 4) is 0 Å². The maximum absolute atomic E-state index is 12.5. The number of aromatic amines is 2. The minimum Gasteiger partial charge on any atom is -0.456 e. The van der Waals surface area contributed by atoms with E-state index >= 15 is 0 Å². The van der Waals surface area contributed by atoms with Crippen LogP contribution < -0.4 is 0 Å². The number of benzene rings is 1. The Hall–Kier alpha value is -2.75. The molecule has 2 N–H and O–H groups in total. The molecule has 0 saturated carbocycles. The molecule has 4 nitrogen and oxygen atoms in total. The standard InChI is InChI=1S/C22H26N2O2/c1-14-12-16(21(25)26-22(3,4)5)13-15(2)19(14)20(17-8-6-10-23-17)18-9-7-11-24-18/h6-13,20,23-24H,1-5H3. The van der Waals surface area contributed by atoms with Crippen LogP contribution in [0.25, 0.3) is 0 Å². The molecule has 0 unspecified atom stereocenters. The van der Waals surface area contributed by atoms with E-state index in [1.807, 2.05) is 57.4 Å². The molecule has 26 heavy (non-hydrogen) atoms. The predicted molar refractivity (Wildman–Crippen MR) is 104 cm³/mol. The first-order valence-corrected chi connectivity index (χ1v) is 8.87. The van der Waals surface area contributed by atoms with Crippen LogP contribution in [0.15, 0.2) is 48.8 Å². The number of esters is 1. The third-order valence-corrected chi connectivity index (χ3v) is 4.38. The number of carbonyl (C=O) groups is 1.